The third-order valence-electron chi connectivity index (χ3n) is 5.37. The van der Waals surface area contributed by atoms with Gasteiger partial charge in [0, 0.05) is 28.1 Å². The summed E-state index contributed by atoms with van der Waals surface area (Å²) in [4.78, 5) is 2.69. The van der Waals surface area contributed by atoms with Crippen molar-refractivity contribution < 1.29 is 38.2 Å². The van der Waals surface area contributed by atoms with Crippen LogP contribution in [0, 0.1) is 15.7 Å². The van der Waals surface area contributed by atoms with Crippen LogP contribution in [0.4, 0.5) is 0 Å². The van der Waals surface area contributed by atoms with Crippen LogP contribution in [-0.2, 0) is 4.74 Å². The Morgan fingerprint density at radius 3 is 2.30 bits per heavy atom. The molecule has 1 unspecified atom stereocenters. The fourth-order valence-electron chi connectivity index (χ4n) is 4.15. The fraction of sp³-hybridized carbons (Fsp3) is 0.476. The zero-order valence-corrected chi connectivity index (χ0v) is 19.5. The van der Waals surface area contributed by atoms with E-state index in [4.69, 9.17) is 36.0 Å². The molecule has 0 bridgehead atoms. The highest BCUT2D eigenvalue weighted by Gasteiger charge is 2.40. The van der Waals surface area contributed by atoms with Gasteiger partial charge >= 0.3 is 0 Å². The molecule has 30 heavy (non-hydrogen) atoms. The molecule has 164 valence electrons. The maximum Gasteiger partial charge on any atom is 0.178 e. The Bertz CT molecular complexity index is 848. The Balaban J connectivity index is 0.000000461. The number of thioether (sulfide) groups is 1. The monoisotopic (exact) mass is 471 g/mol. The Kier molecular flexibility index (Phi) is 7.74. The van der Waals surface area contributed by atoms with Crippen LogP contribution in [-0.4, -0.2) is 36.6 Å². The van der Waals surface area contributed by atoms with E-state index in [9.17, 15) is 0 Å². The van der Waals surface area contributed by atoms with Crippen LogP contribution in [0.1, 0.15) is 37.5 Å². The van der Waals surface area contributed by atoms with Crippen LogP contribution in [0.3, 0.4) is 0 Å². The molecule has 1 aromatic rings. The van der Waals surface area contributed by atoms with E-state index in [0.717, 1.165) is 39.1 Å². The van der Waals surface area contributed by atoms with Gasteiger partial charge in [-0.25, -0.2) is 23.2 Å². The maximum atomic E-state index is 8.49. The summed E-state index contributed by atoms with van der Waals surface area (Å²) in [5.74, 6) is 0. The topological polar surface area (TPSA) is 104 Å². The summed E-state index contributed by atoms with van der Waals surface area (Å²) in [5.41, 5.74) is 4.47. The Hall–Kier alpha value is -0.840. The number of benzene rings is 1. The lowest BCUT2D eigenvalue weighted by molar-refractivity contribution is -2.00. The van der Waals surface area contributed by atoms with Gasteiger partial charge in [-0.1, -0.05) is 44.2 Å². The van der Waals surface area contributed by atoms with Crippen molar-refractivity contribution in [2.24, 2.45) is 5.41 Å². The molecule has 2 aliphatic heterocycles. The summed E-state index contributed by atoms with van der Waals surface area (Å²) in [7, 11) is -4.94. The second kappa shape index (κ2) is 9.75. The molecule has 1 aromatic carbocycles. The lowest BCUT2D eigenvalue weighted by Gasteiger charge is -2.39. The van der Waals surface area contributed by atoms with Crippen molar-refractivity contribution in [2.45, 2.75) is 31.9 Å². The molecule has 0 aromatic heterocycles. The van der Waals surface area contributed by atoms with Crippen LogP contribution in [0.15, 0.2) is 51.8 Å². The first-order chi connectivity index (χ1) is 14.0. The van der Waals surface area contributed by atoms with E-state index < -0.39 is 10.2 Å². The van der Waals surface area contributed by atoms with Crippen LogP contribution >= 0.6 is 24.4 Å². The lowest BCUT2D eigenvalue weighted by Crippen LogP contribution is -2.68. The molecule has 0 N–H and O–H groups in total. The summed E-state index contributed by atoms with van der Waals surface area (Å²) >= 11 is 6.96. The maximum absolute atomic E-state index is 8.49. The largest absolute Gasteiger partial charge is 0.368 e. The first kappa shape index (κ1) is 23.8. The molecule has 0 radical (unpaired) electrons. The van der Waals surface area contributed by atoms with Crippen LogP contribution in [0.5, 0.6) is 0 Å². The molecule has 1 aliphatic carbocycles. The molecule has 1 fully saturated rings. The Morgan fingerprint density at radius 2 is 1.70 bits per heavy atom. The highest BCUT2D eigenvalue weighted by molar-refractivity contribution is 8.03. The zero-order valence-electron chi connectivity index (χ0n) is 17.0. The smallest absolute Gasteiger partial charge is 0.178 e. The molecule has 0 amide bonds. The van der Waals surface area contributed by atoms with E-state index in [2.05, 4.69) is 54.8 Å². The fourth-order valence-corrected chi connectivity index (χ4v) is 6.53. The van der Waals surface area contributed by atoms with E-state index in [1.807, 2.05) is 11.8 Å². The lowest BCUT2D eigenvalue weighted by atomic mass is 9.74. The van der Waals surface area contributed by atoms with Crippen molar-refractivity contribution in [3.63, 3.8) is 0 Å². The predicted octanol–water partition coefficient (Wildman–Crippen LogP) is 0.0900. The molecule has 4 rings (SSSR count). The minimum atomic E-state index is -4.94. The second-order valence-corrected chi connectivity index (χ2v) is 10.6. The summed E-state index contributed by atoms with van der Waals surface area (Å²) < 4.78 is 42.0. The molecular formula is C21H26ClNO5S2. The van der Waals surface area contributed by atoms with Gasteiger partial charge in [0.2, 0.25) is 0 Å². The van der Waals surface area contributed by atoms with Crippen molar-refractivity contribution in [2.75, 3.05) is 26.3 Å². The quantitative estimate of drug-likeness (QED) is 0.460. The minimum Gasteiger partial charge on any atom is -0.368 e. The number of allylic oxidation sites excluding steroid dienone is 3. The van der Waals surface area contributed by atoms with Crippen LogP contribution in [0.2, 0.25) is 0 Å². The highest BCUT2D eigenvalue weighted by Crippen LogP contribution is 2.56. The van der Waals surface area contributed by atoms with Gasteiger partial charge in [-0.2, -0.15) is 0 Å². The summed E-state index contributed by atoms with van der Waals surface area (Å²) in [6.45, 7) is 8.44. The standard InChI is InChI=1S/C21H25NOS2.ClHO4/c1-21(2)14-16(22-8-10-23-11-9-22)12-19-20(21)17(24)13-18(25-19)15-6-4-3-5-7-15;2-1(3,4)5/h3-7,12,18H,8-11,13-14H2,1-2H3;(H,2,3,4,5). The molecule has 0 spiro atoms. The van der Waals surface area contributed by atoms with Gasteiger partial charge in [-0.3, -0.25) is 0 Å². The SMILES string of the molecule is CC1(C)CC(=[N+]2CCOCC2)C=C2SC(c3ccccc3)CC(S)=C21.[O-][Cl+3]([O-])([O-])[O-]. The number of hydrogen-bond acceptors (Lipinski definition) is 7. The molecule has 1 atom stereocenters. The number of hydrogen-bond donors (Lipinski definition) is 1. The number of thiol groups is 1. The van der Waals surface area contributed by atoms with Crippen LogP contribution in [0.25, 0.3) is 0 Å². The van der Waals surface area contributed by atoms with Gasteiger partial charge in [0.25, 0.3) is 0 Å². The Labute approximate surface area is 189 Å². The number of ether oxygens (including phenoxy) is 1. The average Bonchev–Trinajstić information content (AvgIpc) is 2.66. The van der Waals surface area contributed by atoms with E-state index in [1.54, 1.807) is 0 Å². The molecular weight excluding hydrogens is 446 g/mol. The molecule has 9 heteroatoms. The van der Waals surface area contributed by atoms with Crippen LogP contribution < -0.4 is 18.6 Å². The first-order valence-corrected chi connectivity index (χ1v) is 12.3. The number of morpholine rings is 1. The number of halogens is 1. The van der Waals surface area contributed by atoms with E-state index in [1.165, 1.54) is 26.7 Å². The predicted molar refractivity (Wildman–Crippen MR) is 110 cm³/mol. The van der Waals surface area contributed by atoms with Gasteiger partial charge in [-0.15, -0.1) is 34.6 Å². The van der Waals surface area contributed by atoms with E-state index in [0.29, 0.717) is 5.25 Å². The molecule has 3 aliphatic rings. The van der Waals surface area contributed by atoms with Crippen molar-refractivity contribution in [3.8, 4) is 0 Å². The first-order valence-electron chi connectivity index (χ1n) is 9.71. The Morgan fingerprint density at radius 1 is 1.10 bits per heavy atom. The molecule has 2 heterocycles. The van der Waals surface area contributed by atoms with Gasteiger partial charge in [0.1, 0.15) is 13.2 Å². The van der Waals surface area contributed by atoms with E-state index >= 15 is 0 Å². The number of rotatable bonds is 1. The molecule has 0 saturated carbocycles. The van der Waals surface area contributed by atoms with Crippen molar-refractivity contribution >= 4 is 30.1 Å². The van der Waals surface area contributed by atoms with Crippen molar-refractivity contribution in [1.29, 1.82) is 0 Å². The molecule has 6 nitrogen and oxygen atoms in total. The number of nitrogens with zero attached hydrogens (tertiary/aromatic N) is 1. The van der Waals surface area contributed by atoms with Gasteiger partial charge in [-0.05, 0) is 22.5 Å². The zero-order chi connectivity index (χ0) is 21.9. The third kappa shape index (κ3) is 6.34. The normalized spacial score (nSPS) is 24.0. The summed E-state index contributed by atoms with van der Waals surface area (Å²) in [6, 6.07) is 10.8. The van der Waals surface area contributed by atoms with Crippen molar-refractivity contribution in [3.05, 3.63) is 57.4 Å². The second-order valence-electron chi connectivity index (χ2n) is 8.08. The third-order valence-corrected chi connectivity index (χ3v) is 7.07. The van der Waals surface area contributed by atoms with E-state index in [-0.39, 0.29) is 5.41 Å². The minimum absolute atomic E-state index is 0.142. The molecule has 1 saturated heterocycles. The summed E-state index contributed by atoms with van der Waals surface area (Å²) in [6.07, 6.45) is 4.55. The van der Waals surface area contributed by atoms with Gasteiger partial charge < -0.3 is 4.74 Å². The van der Waals surface area contributed by atoms with Crippen molar-refractivity contribution in [1.82, 2.24) is 0 Å². The van der Waals surface area contributed by atoms with Gasteiger partial charge in [0.05, 0.1) is 0 Å². The highest BCUT2D eigenvalue weighted by atomic mass is 35.7. The van der Waals surface area contributed by atoms with Gasteiger partial charge in [0.15, 0.2) is 18.8 Å². The summed E-state index contributed by atoms with van der Waals surface area (Å²) in [5, 5.41) is 0.462. The number of fused-ring (bicyclic) bond motifs is 1. The average molecular weight is 472 g/mol.